The van der Waals surface area contributed by atoms with E-state index in [1.807, 2.05) is 6.92 Å². The van der Waals surface area contributed by atoms with Crippen LogP contribution in [0.5, 0.6) is 0 Å². The van der Waals surface area contributed by atoms with Gasteiger partial charge in [-0.1, -0.05) is 29.3 Å². The summed E-state index contributed by atoms with van der Waals surface area (Å²) in [6, 6.07) is 2.60. The minimum absolute atomic E-state index is 0.0153. The predicted molar refractivity (Wildman–Crippen MR) is 87.2 cm³/mol. The highest BCUT2D eigenvalue weighted by molar-refractivity contribution is 9.10. The fraction of sp³-hybridized carbons (Fsp3) is 0.357. The van der Waals surface area contributed by atoms with Crippen LogP contribution in [-0.4, -0.2) is 30.4 Å². The largest absolute Gasteiger partial charge is 0.368 e. The van der Waals surface area contributed by atoms with Gasteiger partial charge in [0.15, 0.2) is 0 Å². The van der Waals surface area contributed by atoms with Gasteiger partial charge >= 0.3 is 6.03 Å². The Balaban J connectivity index is 2.66. The van der Waals surface area contributed by atoms with Crippen LogP contribution in [-0.2, 0) is 9.59 Å². The molecule has 0 saturated heterocycles. The van der Waals surface area contributed by atoms with Gasteiger partial charge in [0, 0.05) is 4.47 Å². The van der Waals surface area contributed by atoms with E-state index in [0.717, 1.165) is 0 Å². The topological polar surface area (TPSA) is 113 Å². The molecule has 1 atom stereocenters. The maximum Gasteiger partial charge on any atom is 0.319 e. The van der Waals surface area contributed by atoms with Crippen molar-refractivity contribution in [1.82, 2.24) is 10.6 Å². The molecule has 0 aliphatic carbocycles. The molecule has 1 unspecified atom stereocenters. The van der Waals surface area contributed by atoms with Crippen LogP contribution in [0.4, 0.5) is 14.9 Å². The summed E-state index contributed by atoms with van der Waals surface area (Å²) in [5.41, 5.74) is 4.93. The van der Waals surface area contributed by atoms with Gasteiger partial charge in [-0.3, -0.25) is 9.59 Å². The van der Waals surface area contributed by atoms with Crippen LogP contribution in [0.15, 0.2) is 22.7 Å². The lowest BCUT2D eigenvalue weighted by molar-refractivity contribution is -0.126. The van der Waals surface area contributed by atoms with Crippen molar-refractivity contribution in [3.63, 3.8) is 0 Å². The van der Waals surface area contributed by atoms with Crippen LogP contribution >= 0.6 is 15.9 Å². The molecule has 1 rings (SSSR count). The molecule has 0 aromatic heterocycles. The van der Waals surface area contributed by atoms with Gasteiger partial charge < -0.3 is 21.7 Å². The molecular weight excluding hydrogens is 371 g/mol. The lowest BCUT2D eigenvalue weighted by Crippen LogP contribution is -2.49. The second-order valence-electron chi connectivity index (χ2n) is 4.75. The van der Waals surface area contributed by atoms with E-state index in [2.05, 4.69) is 31.9 Å². The maximum absolute atomic E-state index is 13.7. The number of nitrogens with one attached hydrogen (secondary N) is 3. The van der Waals surface area contributed by atoms with Gasteiger partial charge in [-0.05, 0) is 24.6 Å². The zero-order valence-corrected chi connectivity index (χ0v) is 14.1. The van der Waals surface area contributed by atoms with Crippen molar-refractivity contribution in [3.8, 4) is 0 Å². The number of anilines is 1. The highest BCUT2D eigenvalue weighted by Gasteiger charge is 2.20. The van der Waals surface area contributed by atoms with Crippen LogP contribution in [0, 0.1) is 5.82 Å². The third kappa shape index (κ3) is 6.64. The Hall–Kier alpha value is -2.16. The average molecular weight is 389 g/mol. The molecule has 1 aromatic rings. The first kappa shape index (κ1) is 18.9. The lowest BCUT2D eigenvalue weighted by atomic mass is 10.1. The third-order valence-electron chi connectivity index (χ3n) is 2.82. The Morgan fingerprint density at radius 1 is 1.35 bits per heavy atom. The second-order valence-corrected chi connectivity index (χ2v) is 5.66. The number of benzene rings is 1. The second kappa shape index (κ2) is 9.09. The number of urea groups is 1. The van der Waals surface area contributed by atoms with Crippen LogP contribution in [0.1, 0.15) is 19.8 Å². The molecule has 126 valence electrons. The fourth-order valence-corrected chi connectivity index (χ4v) is 2.10. The minimum Gasteiger partial charge on any atom is -0.368 e. The van der Waals surface area contributed by atoms with Gasteiger partial charge in [0.05, 0.1) is 12.2 Å². The summed E-state index contributed by atoms with van der Waals surface area (Å²) in [4.78, 5) is 34.5. The number of rotatable bonds is 7. The first-order chi connectivity index (χ1) is 10.8. The Kier molecular flexibility index (Phi) is 7.46. The summed E-state index contributed by atoms with van der Waals surface area (Å²) in [7, 11) is 0. The number of primary amides is 1. The highest BCUT2D eigenvalue weighted by Crippen LogP contribution is 2.19. The van der Waals surface area contributed by atoms with Crippen molar-refractivity contribution in [2.45, 2.75) is 25.8 Å². The zero-order chi connectivity index (χ0) is 17.4. The van der Waals surface area contributed by atoms with Crippen molar-refractivity contribution in [3.05, 3.63) is 28.5 Å². The smallest absolute Gasteiger partial charge is 0.319 e. The summed E-state index contributed by atoms with van der Waals surface area (Å²) < 4.78 is 14.2. The van der Waals surface area contributed by atoms with Crippen LogP contribution in [0.25, 0.3) is 0 Å². The molecule has 0 radical (unpaired) electrons. The van der Waals surface area contributed by atoms with E-state index >= 15 is 0 Å². The molecule has 0 heterocycles. The van der Waals surface area contributed by atoms with E-state index in [1.54, 1.807) is 6.07 Å². The summed E-state index contributed by atoms with van der Waals surface area (Å²) in [5.74, 6) is -1.83. The fourth-order valence-electron chi connectivity index (χ4n) is 1.76. The first-order valence-electron chi connectivity index (χ1n) is 6.92. The lowest BCUT2D eigenvalue weighted by Gasteiger charge is -2.18. The van der Waals surface area contributed by atoms with Gasteiger partial charge in [-0.25, -0.2) is 9.18 Å². The average Bonchev–Trinajstić information content (AvgIpc) is 2.47. The number of amides is 4. The number of hydrogen-bond donors (Lipinski definition) is 4. The molecule has 23 heavy (non-hydrogen) atoms. The quantitative estimate of drug-likeness (QED) is 0.567. The van der Waals surface area contributed by atoms with Crippen LogP contribution in [0.3, 0.4) is 0 Å². The van der Waals surface area contributed by atoms with Gasteiger partial charge in [0.2, 0.25) is 11.8 Å². The molecule has 0 aliphatic heterocycles. The van der Waals surface area contributed by atoms with E-state index < -0.39 is 29.7 Å². The number of carbonyl (C=O) groups excluding carboxylic acids is 3. The first-order valence-corrected chi connectivity index (χ1v) is 7.71. The number of nitrogens with two attached hydrogens (primary N) is 1. The minimum atomic E-state index is -0.849. The summed E-state index contributed by atoms with van der Waals surface area (Å²) in [6.45, 7) is 1.52. The molecule has 5 N–H and O–H groups in total. The summed E-state index contributed by atoms with van der Waals surface area (Å²) in [5, 5.41) is 7.09. The maximum atomic E-state index is 13.7. The van der Waals surface area contributed by atoms with E-state index in [9.17, 15) is 18.8 Å². The highest BCUT2D eigenvalue weighted by atomic mass is 79.9. The standard InChI is InChI=1S/C14H18BrFN4O3/c1-2-3-11(13(22)18-7-12(17)21)20-14(23)19-10-5-4-8(15)6-9(10)16/h4-6,11H,2-3,7H2,1H3,(H2,17,21)(H,18,22)(H2,19,20,23). The molecule has 4 amide bonds. The van der Waals surface area contributed by atoms with Crippen molar-refractivity contribution in [2.75, 3.05) is 11.9 Å². The van der Waals surface area contributed by atoms with E-state index in [0.29, 0.717) is 17.3 Å². The molecule has 0 bridgehead atoms. The SMILES string of the molecule is CCCC(NC(=O)Nc1ccc(Br)cc1F)C(=O)NCC(N)=O. The molecule has 0 fully saturated rings. The molecule has 0 saturated carbocycles. The van der Waals surface area contributed by atoms with Gasteiger partial charge in [-0.2, -0.15) is 0 Å². The molecule has 0 aliphatic rings. The van der Waals surface area contributed by atoms with E-state index in [-0.39, 0.29) is 12.2 Å². The van der Waals surface area contributed by atoms with Gasteiger partial charge in [-0.15, -0.1) is 0 Å². The van der Waals surface area contributed by atoms with Crippen LogP contribution < -0.4 is 21.7 Å². The Bertz CT molecular complexity index is 597. The van der Waals surface area contributed by atoms with Crippen molar-refractivity contribution < 1.29 is 18.8 Å². The normalized spacial score (nSPS) is 11.4. The van der Waals surface area contributed by atoms with Gasteiger partial charge in [0.25, 0.3) is 0 Å². The molecule has 1 aromatic carbocycles. The van der Waals surface area contributed by atoms with Gasteiger partial charge in [0.1, 0.15) is 11.9 Å². The number of halogens is 2. The van der Waals surface area contributed by atoms with Crippen molar-refractivity contribution >= 4 is 39.5 Å². The predicted octanol–water partition coefficient (Wildman–Crippen LogP) is 1.48. The molecule has 0 spiro atoms. The molecular formula is C14H18BrFN4O3. The molecule has 9 heteroatoms. The van der Waals surface area contributed by atoms with E-state index in [4.69, 9.17) is 5.73 Å². The molecule has 7 nitrogen and oxygen atoms in total. The number of hydrogen-bond acceptors (Lipinski definition) is 3. The van der Waals surface area contributed by atoms with Crippen molar-refractivity contribution in [2.24, 2.45) is 5.73 Å². The Morgan fingerprint density at radius 3 is 2.61 bits per heavy atom. The zero-order valence-electron chi connectivity index (χ0n) is 12.5. The Labute approximate surface area is 141 Å². The van der Waals surface area contributed by atoms with Crippen LogP contribution in [0.2, 0.25) is 0 Å². The monoisotopic (exact) mass is 388 g/mol. The number of carbonyl (C=O) groups is 3. The third-order valence-corrected chi connectivity index (χ3v) is 3.31. The summed E-state index contributed by atoms with van der Waals surface area (Å²) >= 11 is 3.11. The Morgan fingerprint density at radius 2 is 2.04 bits per heavy atom. The van der Waals surface area contributed by atoms with E-state index in [1.165, 1.54) is 12.1 Å². The summed E-state index contributed by atoms with van der Waals surface area (Å²) in [6.07, 6.45) is 0.989. The van der Waals surface area contributed by atoms with Crippen molar-refractivity contribution in [1.29, 1.82) is 0 Å².